The fourth-order valence-electron chi connectivity index (χ4n) is 1.11. The van der Waals surface area contributed by atoms with E-state index in [0.717, 1.165) is 16.3 Å². The van der Waals surface area contributed by atoms with Crippen molar-refractivity contribution in [1.82, 2.24) is 9.97 Å². The van der Waals surface area contributed by atoms with Gasteiger partial charge in [0.05, 0.1) is 16.4 Å². The zero-order valence-corrected chi connectivity index (χ0v) is 10.0. The molecule has 0 fully saturated rings. The second-order valence-corrected chi connectivity index (χ2v) is 4.72. The van der Waals surface area contributed by atoms with E-state index in [1.54, 1.807) is 30.4 Å². The second-order valence-electron chi connectivity index (χ2n) is 2.92. The Bertz CT molecular complexity index is 443. The molecular formula is C10H8Cl2N2S. The standard InChI is InChI=1S/C10H8Cl2N2S/c11-8-2-1-3-9(10(8)12)15-5-7-4-13-6-14-7/h1-4,6H,5H2,(H,13,14). The highest BCUT2D eigenvalue weighted by Gasteiger charge is 2.05. The van der Waals surface area contributed by atoms with Gasteiger partial charge in [0, 0.05) is 22.5 Å². The van der Waals surface area contributed by atoms with Crippen LogP contribution in [-0.4, -0.2) is 9.97 Å². The summed E-state index contributed by atoms with van der Waals surface area (Å²) in [6.07, 6.45) is 3.46. The number of thioether (sulfide) groups is 1. The average molecular weight is 259 g/mol. The van der Waals surface area contributed by atoms with Crippen LogP contribution in [0.1, 0.15) is 5.69 Å². The Kier molecular flexibility index (Phi) is 3.57. The van der Waals surface area contributed by atoms with Gasteiger partial charge in [0.15, 0.2) is 0 Å². The number of aromatic nitrogens is 2. The summed E-state index contributed by atoms with van der Waals surface area (Å²) in [6.45, 7) is 0. The molecule has 0 unspecified atom stereocenters. The number of rotatable bonds is 3. The monoisotopic (exact) mass is 258 g/mol. The predicted octanol–water partition coefficient (Wildman–Crippen LogP) is 4.01. The number of hydrogen-bond acceptors (Lipinski definition) is 2. The van der Waals surface area contributed by atoms with Crippen LogP contribution >= 0.6 is 35.0 Å². The van der Waals surface area contributed by atoms with Crippen molar-refractivity contribution in [3.8, 4) is 0 Å². The van der Waals surface area contributed by atoms with E-state index in [1.807, 2.05) is 12.1 Å². The molecular weight excluding hydrogens is 251 g/mol. The zero-order valence-electron chi connectivity index (χ0n) is 7.71. The number of halogens is 2. The van der Waals surface area contributed by atoms with Crippen LogP contribution in [-0.2, 0) is 5.75 Å². The van der Waals surface area contributed by atoms with Crippen molar-refractivity contribution < 1.29 is 0 Å². The van der Waals surface area contributed by atoms with Gasteiger partial charge in [0.1, 0.15) is 0 Å². The number of H-pyrrole nitrogens is 1. The van der Waals surface area contributed by atoms with Gasteiger partial charge in [-0.1, -0.05) is 29.3 Å². The number of imidazole rings is 1. The van der Waals surface area contributed by atoms with Gasteiger partial charge >= 0.3 is 0 Å². The van der Waals surface area contributed by atoms with Crippen molar-refractivity contribution in [2.75, 3.05) is 0 Å². The molecule has 0 atom stereocenters. The Balaban J connectivity index is 2.08. The van der Waals surface area contributed by atoms with E-state index in [4.69, 9.17) is 23.2 Å². The van der Waals surface area contributed by atoms with E-state index in [1.165, 1.54) is 0 Å². The fraction of sp³-hybridized carbons (Fsp3) is 0.100. The summed E-state index contributed by atoms with van der Waals surface area (Å²) in [7, 11) is 0. The van der Waals surface area contributed by atoms with Crippen LogP contribution in [0.3, 0.4) is 0 Å². The zero-order chi connectivity index (χ0) is 10.7. The first-order chi connectivity index (χ1) is 7.27. The number of aromatic amines is 1. The van der Waals surface area contributed by atoms with Gasteiger partial charge < -0.3 is 4.98 Å². The van der Waals surface area contributed by atoms with E-state index < -0.39 is 0 Å². The van der Waals surface area contributed by atoms with Crippen LogP contribution < -0.4 is 0 Å². The molecule has 0 aliphatic heterocycles. The molecule has 2 nitrogen and oxygen atoms in total. The van der Waals surface area contributed by atoms with Crippen molar-refractivity contribution in [2.24, 2.45) is 0 Å². The van der Waals surface area contributed by atoms with Crippen LogP contribution in [0.4, 0.5) is 0 Å². The summed E-state index contributed by atoms with van der Waals surface area (Å²) >= 11 is 13.6. The largest absolute Gasteiger partial charge is 0.348 e. The third kappa shape index (κ3) is 2.68. The lowest BCUT2D eigenvalue weighted by Gasteiger charge is -2.03. The lowest BCUT2D eigenvalue weighted by molar-refractivity contribution is 1.22. The summed E-state index contributed by atoms with van der Waals surface area (Å²) in [6, 6.07) is 5.63. The topological polar surface area (TPSA) is 28.7 Å². The summed E-state index contributed by atoms with van der Waals surface area (Å²) in [5, 5.41) is 1.20. The first kappa shape index (κ1) is 10.9. The molecule has 0 saturated carbocycles. The van der Waals surface area contributed by atoms with Gasteiger partial charge in [0.25, 0.3) is 0 Å². The Morgan fingerprint density at radius 1 is 1.33 bits per heavy atom. The lowest BCUT2D eigenvalue weighted by Crippen LogP contribution is -1.81. The molecule has 15 heavy (non-hydrogen) atoms. The summed E-state index contributed by atoms with van der Waals surface area (Å²) in [5.41, 5.74) is 1.07. The molecule has 0 radical (unpaired) electrons. The minimum absolute atomic E-state index is 0.589. The quantitative estimate of drug-likeness (QED) is 0.843. The maximum atomic E-state index is 6.05. The van der Waals surface area contributed by atoms with Gasteiger partial charge in [-0.3, -0.25) is 0 Å². The maximum absolute atomic E-state index is 6.05. The molecule has 1 N–H and O–H groups in total. The minimum atomic E-state index is 0.589. The van der Waals surface area contributed by atoms with Crippen molar-refractivity contribution in [3.63, 3.8) is 0 Å². The SMILES string of the molecule is Clc1cccc(SCc2cnc[nH]2)c1Cl. The Labute approximate surface area is 102 Å². The third-order valence-electron chi connectivity index (χ3n) is 1.85. The minimum Gasteiger partial charge on any atom is -0.348 e. The van der Waals surface area contributed by atoms with Gasteiger partial charge in [-0.15, -0.1) is 11.8 Å². The number of hydrogen-bond donors (Lipinski definition) is 1. The van der Waals surface area contributed by atoms with Gasteiger partial charge in [-0.05, 0) is 12.1 Å². The molecule has 0 aliphatic carbocycles. The summed E-state index contributed by atoms with van der Waals surface area (Å²) in [4.78, 5) is 7.96. The van der Waals surface area contributed by atoms with Gasteiger partial charge in [0.2, 0.25) is 0 Å². The molecule has 1 aromatic heterocycles. The molecule has 5 heteroatoms. The maximum Gasteiger partial charge on any atom is 0.0921 e. The molecule has 0 spiro atoms. The Hall–Kier alpha value is -0.640. The normalized spacial score (nSPS) is 10.5. The van der Waals surface area contributed by atoms with Crippen molar-refractivity contribution >= 4 is 35.0 Å². The summed E-state index contributed by atoms with van der Waals surface area (Å²) < 4.78 is 0. The van der Waals surface area contributed by atoms with E-state index >= 15 is 0 Å². The number of benzene rings is 1. The number of nitrogens with zero attached hydrogens (tertiary/aromatic N) is 1. The van der Waals surface area contributed by atoms with E-state index in [-0.39, 0.29) is 0 Å². The molecule has 0 aliphatic rings. The third-order valence-corrected chi connectivity index (χ3v) is 3.89. The first-order valence-corrected chi connectivity index (χ1v) is 6.05. The fourth-order valence-corrected chi connectivity index (χ4v) is 2.52. The van der Waals surface area contributed by atoms with E-state index in [0.29, 0.717) is 10.0 Å². The second kappa shape index (κ2) is 4.92. The van der Waals surface area contributed by atoms with E-state index in [2.05, 4.69) is 9.97 Å². The molecule has 1 aromatic carbocycles. The van der Waals surface area contributed by atoms with Crippen LogP contribution in [0.2, 0.25) is 10.0 Å². The molecule has 78 valence electrons. The van der Waals surface area contributed by atoms with E-state index in [9.17, 15) is 0 Å². The molecule has 0 amide bonds. The van der Waals surface area contributed by atoms with Crippen LogP contribution in [0.25, 0.3) is 0 Å². The highest BCUT2D eigenvalue weighted by Crippen LogP contribution is 2.33. The van der Waals surface area contributed by atoms with Gasteiger partial charge in [-0.25, -0.2) is 4.98 Å². The summed E-state index contributed by atoms with van der Waals surface area (Å²) in [5.74, 6) is 0.806. The lowest BCUT2D eigenvalue weighted by atomic mass is 10.4. The highest BCUT2D eigenvalue weighted by molar-refractivity contribution is 7.98. The highest BCUT2D eigenvalue weighted by atomic mass is 35.5. The molecule has 2 aromatic rings. The first-order valence-electron chi connectivity index (χ1n) is 4.31. The Morgan fingerprint density at radius 2 is 2.20 bits per heavy atom. The van der Waals surface area contributed by atoms with Crippen molar-refractivity contribution in [1.29, 1.82) is 0 Å². The smallest absolute Gasteiger partial charge is 0.0921 e. The van der Waals surface area contributed by atoms with Crippen molar-refractivity contribution in [3.05, 3.63) is 46.5 Å². The Morgan fingerprint density at radius 3 is 2.93 bits per heavy atom. The molecule has 0 saturated heterocycles. The average Bonchev–Trinajstić information content (AvgIpc) is 2.73. The molecule has 1 heterocycles. The number of nitrogens with one attached hydrogen (secondary N) is 1. The van der Waals surface area contributed by atoms with Crippen LogP contribution in [0.5, 0.6) is 0 Å². The van der Waals surface area contributed by atoms with Gasteiger partial charge in [-0.2, -0.15) is 0 Å². The molecule has 2 rings (SSSR count). The predicted molar refractivity (Wildman–Crippen MR) is 64.6 cm³/mol. The van der Waals surface area contributed by atoms with Crippen molar-refractivity contribution in [2.45, 2.75) is 10.6 Å². The van der Waals surface area contributed by atoms with Crippen LogP contribution in [0.15, 0.2) is 35.6 Å². The van der Waals surface area contributed by atoms with Crippen LogP contribution in [0, 0.1) is 0 Å². The molecule has 0 bridgehead atoms.